The fourth-order valence-electron chi connectivity index (χ4n) is 1.44. The first-order chi connectivity index (χ1) is 8.28. The summed E-state index contributed by atoms with van der Waals surface area (Å²) in [5, 5.41) is 13.1. The molecule has 0 aliphatic heterocycles. The van der Waals surface area contributed by atoms with E-state index in [9.17, 15) is 5.11 Å². The topological polar surface area (TPSA) is 41.5 Å². The average Bonchev–Trinajstić information content (AvgIpc) is 2.24. The number of rotatable bonds is 5. The maximum absolute atomic E-state index is 9.82. The standard InChI is InChI=1S/C14H22BrNO2/c1-10-7-11(15)5-6-13(10)18-9-12(17)8-16-14(2,3)4/h5-7,12,16-17H,8-9H2,1-4H3. The summed E-state index contributed by atoms with van der Waals surface area (Å²) in [6.07, 6.45) is -0.507. The van der Waals surface area contributed by atoms with Crippen LogP contribution in [0.25, 0.3) is 0 Å². The van der Waals surface area contributed by atoms with Crippen molar-refractivity contribution in [3.63, 3.8) is 0 Å². The van der Waals surface area contributed by atoms with Gasteiger partial charge in [0.1, 0.15) is 18.5 Å². The van der Waals surface area contributed by atoms with E-state index in [0.29, 0.717) is 13.2 Å². The van der Waals surface area contributed by atoms with Crippen LogP contribution in [-0.2, 0) is 0 Å². The monoisotopic (exact) mass is 315 g/mol. The van der Waals surface area contributed by atoms with E-state index >= 15 is 0 Å². The molecule has 0 heterocycles. The second-order valence-electron chi connectivity index (χ2n) is 5.51. The summed E-state index contributed by atoms with van der Waals surface area (Å²) in [6, 6.07) is 5.83. The van der Waals surface area contributed by atoms with Crippen LogP contribution in [-0.4, -0.2) is 29.9 Å². The highest BCUT2D eigenvalue weighted by Gasteiger charge is 2.12. The number of hydrogen-bond donors (Lipinski definition) is 2. The maximum atomic E-state index is 9.82. The minimum absolute atomic E-state index is 0.00844. The molecule has 0 radical (unpaired) electrons. The highest BCUT2D eigenvalue weighted by atomic mass is 79.9. The van der Waals surface area contributed by atoms with Gasteiger partial charge in [0, 0.05) is 16.6 Å². The van der Waals surface area contributed by atoms with Gasteiger partial charge in [-0.05, 0) is 51.5 Å². The summed E-state index contributed by atoms with van der Waals surface area (Å²) < 4.78 is 6.64. The molecule has 0 fully saturated rings. The molecule has 1 unspecified atom stereocenters. The molecule has 0 saturated carbocycles. The summed E-state index contributed by atoms with van der Waals surface area (Å²) in [5.74, 6) is 0.813. The summed E-state index contributed by atoms with van der Waals surface area (Å²) in [6.45, 7) is 9.02. The van der Waals surface area contributed by atoms with Crippen LogP contribution in [0.15, 0.2) is 22.7 Å². The smallest absolute Gasteiger partial charge is 0.122 e. The predicted octanol–water partition coefficient (Wildman–Crippen LogP) is 2.89. The Hall–Kier alpha value is -0.580. The highest BCUT2D eigenvalue weighted by molar-refractivity contribution is 9.10. The fourth-order valence-corrected chi connectivity index (χ4v) is 1.92. The van der Waals surface area contributed by atoms with Crippen LogP contribution in [0.5, 0.6) is 5.75 Å². The van der Waals surface area contributed by atoms with Crippen molar-refractivity contribution in [2.45, 2.75) is 39.3 Å². The number of ether oxygens (including phenoxy) is 1. The van der Waals surface area contributed by atoms with Gasteiger partial charge in [-0.3, -0.25) is 0 Å². The molecule has 0 amide bonds. The Bertz CT molecular complexity index is 388. The molecule has 102 valence electrons. The third-order valence-corrected chi connectivity index (χ3v) is 2.93. The lowest BCUT2D eigenvalue weighted by Crippen LogP contribution is -2.42. The lowest BCUT2D eigenvalue weighted by Gasteiger charge is -2.23. The third kappa shape index (κ3) is 5.85. The van der Waals surface area contributed by atoms with Crippen LogP contribution in [0.3, 0.4) is 0 Å². The van der Waals surface area contributed by atoms with E-state index in [4.69, 9.17) is 4.74 Å². The molecular formula is C14H22BrNO2. The zero-order valence-corrected chi connectivity index (χ0v) is 13.0. The second-order valence-corrected chi connectivity index (χ2v) is 6.42. The molecule has 0 saturated heterocycles. The van der Waals surface area contributed by atoms with Crippen molar-refractivity contribution in [1.29, 1.82) is 0 Å². The number of hydrogen-bond acceptors (Lipinski definition) is 3. The Morgan fingerprint density at radius 3 is 2.61 bits per heavy atom. The van der Waals surface area contributed by atoms with Crippen molar-refractivity contribution in [1.82, 2.24) is 5.32 Å². The Morgan fingerprint density at radius 2 is 2.06 bits per heavy atom. The van der Waals surface area contributed by atoms with Crippen molar-refractivity contribution in [2.75, 3.05) is 13.2 Å². The number of β-amino-alcohol motifs (C(OH)–C–C–N with tert-alkyl or cyclic N) is 1. The molecule has 1 atom stereocenters. The first-order valence-electron chi connectivity index (χ1n) is 6.10. The molecule has 0 aliphatic rings. The van der Waals surface area contributed by atoms with Crippen LogP contribution in [0, 0.1) is 6.92 Å². The zero-order valence-electron chi connectivity index (χ0n) is 11.5. The Labute approximate surface area is 118 Å². The molecule has 3 nitrogen and oxygen atoms in total. The van der Waals surface area contributed by atoms with Crippen LogP contribution in [0.2, 0.25) is 0 Å². The lowest BCUT2D eigenvalue weighted by molar-refractivity contribution is 0.0997. The van der Waals surface area contributed by atoms with Gasteiger partial charge in [-0.15, -0.1) is 0 Å². The molecule has 1 aromatic rings. The number of aryl methyl sites for hydroxylation is 1. The van der Waals surface area contributed by atoms with E-state index in [1.165, 1.54) is 0 Å². The van der Waals surface area contributed by atoms with Gasteiger partial charge in [0.2, 0.25) is 0 Å². The molecule has 0 spiro atoms. The molecule has 2 N–H and O–H groups in total. The number of aliphatic hydroxyl groups is 1. The molecule has 0 aromatic heterocycles. The molecule has 1 aromatic carbocycles. The van der Waals surface area contributed by atoms with Crippen molar-refractivity contribution < 1.29 is 9.84 Å². The first-order valence-corrected chi connectivity index (χ1v) is 6.89. The largest absolute Gasteiger partial charge is 0.491 e. The van der Waals surface area contributed by atoms with Gasteiger partial charge < -0.3 is 15.2 Å². The normalized spacial score (nSPS) is 13.4. The molecular weight excluding hydrogens is 294 g/mol. The van der Waals surface area contributed by atoms with E-state index in [0.717, 1.165) is 15.8 Å². The van der Waals surface area contributed by atoms with Gasteiger partial charge in [-0.2, -0.15) is 0 Å². The van der Waals surface area contributed by atoms with Gasteiger partial charge in [-0.1, -0.05) is 15.9 Å². The number of aliphatic hydroxyl groups excluding tert-OH is 1. The molecule has 0 aliphatic carbocycles. The molecule has 4 heteroatoms. The molecule has 1 rings (SSSR count). The highest BCUT2D eigenvalue weighted by Crippen LogP contribution is 2.22. The maximum Gasteiger partial charge on any atom is 0.122 e. The van der Waals surface area contributed by atoms with Crippen LogP contribution in [0.1, 0.15) is 26.3 Å². The number of benzene rings is 1. The summed E-state index contributed by atoms with van der Waals surface area (Å²) in [5.41, 5.74) is 1.06. The third-order valence-electron chi connectivity index (χ3n) is 2.44. The minimum Gasteiger partial charge on any atom is -0.491 e. The predicted molar refractivity (Wildman–Crippen MR) is 78.1 cm³/mol. The van der Waals surface area contributed by atoms with E-state index in [1.807, 2.05) is 25.1 Å². The Morgan fingerprint density at radius 1 is 1.39 bits per heavy atom. The lowest BCUT2D eigenvalue weighted by atomic mass is 10.1. The molecule has 18 heavy (non-hydrogen) atoms. The van der Waals surface area contributed by atoms with Crippen LogP contribution < -0.4 is 10.1 Å². The number of nitrogens with one attached hydrogen (secondary N) is 1. The second kappa shape index (κ2) is 6.55. The zero-order chi connectivity index (χ0) is 13.8. The van der Waals surface area contributed by atoms with E-state index < -0.39 is 6.10 Å². The molecule has 0 bridgehead atoms. The average molecular weight is 316 g/mol. The van der Waals surface area contributed by atoms with Crippen molar-refractivity contribution in [3.05, 3.63) is 28.2 Å². The first kappa shape index (κ1) is 15.5. The van der Waals surface area contributed by atoms with Crippen LogP contribution >= 0.6 is 15.9 Å². The fraction of sp³-hybridized carbons (Fsp3) is 0.571. The van der Waals surface area contributed by atoms with Crippen LogP contribution in [0.4, 0.5) is 0 Å². The number of halogens is 1. The SMILES string of the molecule is Cc1cc(Br)ccc1OCC(O)CNC(C)(C)C. The minimum atomic E-state index is -0.507. The van der Waals surface area contributed by atoms with Gasteiger partial charge in [-0.25, -0.2) is 0 Å². The quantitative estimate of drug-likeness (QED) is 0.878. The summed E-state index contributed by atoms with van der Waals surface area (Å²) in [7, 11) is 0. The van der Waals surface area contributed by atoms with Crippen molar-refractivity contribution >= 4 is 15.9 Å². The van der Waals surface area contributed by atoms with Gasteiger partial charge in [0.25, 0.3) is 0 Å². The van der Waals surface area contributed by atoms with Crippen molar-refractivity contribution in [3.8, 4) is 5.75 Å². The van der Waals surface area contributed by atoms with E-state index in [-0.39, 0.29) is 5.54 Å². The Kier molecular flexibility index (Phi) is 5.63. The van der Waals surface area contributed by atoms with Crippen molar-refractivity contribution in [2.24, 2.45) is 0 Å². The summed E-state index contributed by atoms with van der Waals surface area (Å²) in [4.78, 5) is 0. The summed E-state index contributed by atoms with van der Waals surface area (Å²) >= 11 is 3.41. The Balaban J connectivity index is 2.40. The van der Waals surface area contributed by atoms with E-state index in [2.05, 4.69) is 42.0 Å². The van der Waals surface area contributed by atoms with Gasteiger partial charge in [0.05, 0.1) is 0 Å². The van der Waals surface area contributed by atoms with E-state index in [1.54, 1.807) is 0 Å². The van der Waals surface area contributed by atoms with Gasteiger partial charge in [0.15, 0.2) is 0 Å². The van der Waals surface area contributed by atoms with Gasteiger partial charge >= 0.3 is 0 Å².